The van der Waals surface area contributed by atoms with Gasteiger partial charge in [-0.25, -0.2) is 19.5 Å². The van der Waals surface area contributed by atoms with Crippen molar-refractivity contribution in [1.82, 2.24) is 20.1 Å². The summed E-state index contributed by atoms with van der Waals surface area (Å²) in [5, 5.41) is 2.84. The Labute approximate surface area is 114 Å². The van der Waals surface area contributed by atoms with E-state index in [9.17, 15) is 9.59 Å². The van der Waals surface area contributed by atoms with Gasteiger partial charge in [0.1, 0.15) is 6.61 Å². The molecule has 20 heavy (non-hydrogen) atoms. The number of amides is 1. The molecule has 2 N–H and O–H groups in total. The smallest absolute Gasteiger partial charge is 0.431 e. The van der Waals surface area contributed by atoms with Crippen molar-refractivity contribution in [2.24, 2.45) is 7.05 Å². The fraction of sp³-hybridized carbons (Fsp3) is 0.333. The van der Waals surface area contributed by atoms with Crippen molar-refractivity contribution < 1.29 is 14.4 Å². The largest absolute Gasteiger partial charge is 0.451 e. The van der Waals surface area contributed by atoms with Crippen molar-refractivity contribution >= 4 is 6.09 Å². The second-order valence-electron chi connectivity index (χ2n) is 4.23. The Balaban J connectivity index is 2.22. The molecule has 0 saturated heterocycles. The second-order valence-corrected chi connectivity index (χ2v) is 4.23. The van der Waals surface area contributed by atoms with E-state index in [1.165, 1.54) is 16.5 Å². The van der Waals surface area contributed by atoms with Crippen molar-refractivity contribution in [2.45, 2.75) is 13.5 Å². The molecule has 0 spiro atoms. The number of hydrogen-bond donors (Lipinski definition) is 2. The van der Waals surface area contributed by atoms with E-state index in [1.54, 1.807) is 13.1 Å². The third-order valence-electron chi connectivity index (χ3n) is 2.91. The number of carbonyl (C=O) groups is 1. The average Bonchev–Trinajstić information content (AvgIpc) is 2.45. The summed E-state index contributed by atoms with van der Waals surface area (Å²) in [5.74, 6) is 0. The van der Waals surface area contributed by atoms with Crippen LogP contribution >= 0.6 is 0 Å². The zero-order valence-electron chi connectivity index (χ0n) is 11.5. The summed E-state index contributed by atoms with van der Waals surface area (Å²) in [7, 11) is 2.87. The molecule has 1 aromatic heterocycles. The summed E-state index contributed by atoms with van der Waals surface area (Å²) in [6.45, 7) is 2.01. The molecule has 1 amide bonds. The van der Waals surface area contributed by atoms with E-state index in [0.29, 0.717) is 5.69 Å². The Hall–Kier alpha value is -2.48. The van der Waals surface area contributed by atoms with Crippen LogP contribution in [0.1, 0.15) is 11.1 Å². The van der Waals surface area contributed by atoms with Gasteiger partial charge in [0.05, 0.1) is 12.8 Å². The normalized spacial score (nSPS) is 10.6. The van der Waals surface area contributed by atoms with E-state index >= 15 is 0 Å². The van der Waals surface area contributed by atoms with Crippen LogP contribution in [0.2, 0.25) is 0 Å². The fourth-order valence-electron chi connectivity index (χ4n) is 1.79. The molecule has 1 heterocycles. The summed E-state index contributed by atoms with van der Waals surface area (Å²) in [5.41, 5.74) is 4.38. The van der Waals surface area contributed by atoms with Crippen molar-refractivity contribution in [1.29, 1.82) is 0 Å². The van der Waals surface area contributed by atoms with Crippen LogP contribution in [0.15, 0.2) is 23.0 Å². The average molecular weight is 280 g/mol. The van der Waals surface area contributed by atoms with Crippen molar-refractivity contribution in [3.63, 3.8) is 0 Å². The SMILES string of the molecule is COC(=O)NOCc1c(C)cccc1-n1[nH]n(C)c1=O. The fourth-order valence-corrected chi connectivity index (χ4v) is 1.79. The highest BCUT2D eigenvalue weighted by atomic mass is 16.7. The number of carbonyl (C=O) groups excluding carboxylic acids is 1. The van der Waals surface area contributed by atoms with E-state index < -0.39 is 6.09 Å². The summed E-state index contributed by atoms with van der Waals surface area (Å²) < 4.78 is 7.17. The zero-order valence-corrected chi connectivity index (χ0v) is 11.5. The monoisotopic (exact) mass is 280 g/mol. The molecule has 0 fully saturated rings. The minimum atomic E-state index is -0.682. The van der Waals surface area contributed by atoms with Gasteiger partial charge in [0.25, 0.3) is 0 Å². The van der Waals surface area contributed by atoms with Gasteiger partial charge in [0.2, 0.25) is 0 Å². The van der Waals surface area contributed by atoms with Gasteiger partial charge < -0.3 is 4.74 Å². The minimum absolute atomic E-state index is 0.117. The van der Waals surface area contributed by atoms with Gasteiger partial charge in [-0.3, -0.25) is 4.84 Å². The maximum atomic E-state index is 11.7. The van der Waals surface area contributed by atoms with E-state index in [4.69, 9.17) is 4.84 Å². The Morgan fingerprint density at radius 1 is 1.45 bits per heavy atom. The number of ether oxygens (including phenoxy) is 1. The number of H-pyrrole nitrogens is 1. The number of rotatable bonds is 4. The molecule has 0 aliphatic rings. The van der Waals surface area contributed by atoms with Gasteiger partial charge >= 0.3 is 11.8 Å². The van der Waals surface area contributed by atoms with Crippen LogP contribution in [0.5, 0.6) is 0 Å². The molecule has 0 aliphatic carbocycles. The first-order valence-electron chi connectivity index (χ1n) is 5.93. The lowest BCUT2D eigenvalue weighted by Gasteiger charge is -2.18. The lowest BCUT2D eigenvalue weighted by molar-refractivity contribution is 0.0247. The van der Waals surface area contributed by atoms with E-state index in [-0.39, 0.29) is 12.3 Å². The Bertz CT molecular complexity index is 667. The molecule has 8 nitrogen and oxygen atoms in total. The van der Waals surface area contributed by atoms with Gasteiger partial charge in [0.15, 0.2) is 0 Å². The van der Waals surface area contributed by atoms with Crippen LogP contribution in [-0.4, -0.2) is 27.8 Å². The number of aryl methyl sites for hydroxylation is 2. The van der Waals surface area contributed by atoms with E-state index in [0.717, 1.165) is 11.1 Å². The number of benzene rings is 1. The summed E-state index contributed by atoms with van der Waals surface area (Å²) in [6.07, 6.45) is -0.682. The van der Waals surface area contributed by atoms with Crippen molar-refractivity contribution in [2.75, 3.05) is 7.11 Å². The molecule has 0 saturated carbocycles. The molecule has 0 bridgehead atoms. The van der Waals surface area contributed by atoms with Crippen molar-refractivity contribution in [3.8, 4) is 5.69 Å². The van der Waals surface area contributed by atoms with E-state index in [2.05, 4.69) is 15.4 Å². The molecular formula is C12H16N4O4. The van der Waals surface area contributed by atoms with Gasteiger partial charge in [-0.1, -0.05) is 12.1 Å². The van der Waals surface area contributed by atoms with Crippen molar-refractivity contribution in [3.05, 3.63) is 39.8 Å². The van der Waals surface area contributed by atoms with Crippen LogP contribution < -0.4 is 11.2 Å². The summed E-state index contributed by atoms with van der Waals surface area (Å²) >= 11 is 0. The molecule has 8 heteroatoms. The zero-order chi connectivity index (χ0) is 14.7. The quantitative estimate of drug-likeness (QED) is 0.802. The van der Waals surface area contributed by atoms with Gasteiger partial charge in [0, 0.05) is 12.6 Å². The van der Waals surface area contributed by atoms with Gasteiger partial charge in [-0.05, 0) is 18.6 Å². The molecule has 0 aliphatic heterocycles. The predicted octanol–water partition coefficient (Wildman–Crippen LogP) is 0.600. The molecule has 1 aromatic carbocycles. The maximum Gasteiger partial charge on any atom is 0.431 e. The van der Waals surface area contributed by atoms with Crippen LogP contribution in [0.3, 0.4) is 0 Å². The molecule has 0 atom stereocenters. The number of hydrogen-bond acceptors (Lipinski definition) is 4. The minimum Gasteiger partial charge on any atom is -0.451 e. The van der Waals surface area contributed by atoms with Gasteiger partial charge in [-0.15, -0.1) is 0 Å². The highest BCUT2D eigenvalue weighted by Gasteiger charge is 2.13. The number of methoxy groups -OCH3 is 1. The number of nitrogens with zero attached hydrogens (tertiary/aromatic N) is 2. The Morgan fingerprint density at radius 2 is 2.20 bits per heavy atom. The topological polar surface area (TPSA) is 90.3 Å². The number of nitrogens with one attached hydrogen (secondary N) is 2. The first-order valence-corrected chi connectivity index (χ1v) is 5.93. The Morgan fingerprint density at radius 3 is 2.80 bits per heavy atom. The van der Waals surface area contributed by atoms with Crippen LogP contribution in [-0.2, 0) is 23.2 Å². The molecule has 108 valence electrons. The summed E-state index contributed by atoms with van der Waals surface area (Å²) in [4.78, 5) is 27.7. The molecule has 2 aromatic rings. The van der Waals surface area contributed by atoms with Gasteiger partial charge in [-0.2, -0.15) is 10.2 Å². The number of aromatic amines is 1. The number of hydroxylamine groups is 1. The lowest BCUT2D eigenvalue weighted by atomic mass is 10.1. The molecule has 2 rings (SSSR count). The predicted molar refractivity (Wildman–Crippen MR) is 70.4 cm³/mol. The lowest BCUT2D eigenvalue weighted by Crippen LogP contribution is -2.40. The highest BCUT2D eigenvalue weighted by Crippen LogP contribution is 2.17. The summed E-state index contributed by atoms with van der Waals surface area (Å²) in [6, 6.07) is 5.53. The number of aromatic nitrogens is 3. The standard InChI is InChI=1S/C12H16N4O4/c1-8-5-4-6-10(16-12(18)15(2)14-16)9(8)7-20-13-11(17)19-3/h4-6,14H,7H2,1-3H3,(H,13,17). The van der Waals surface area contributed by atoms with Crippen LogP contribution in [0.25, 0.3) is 5.69 Å². The van der Waals surface area contributed by atoms with E-state index in [1.807, 2.05) is 19.1 Å². The van der Waals surface area contributed by atoms with Crippen LogP contribution in [0.4, 0.5) is 4.79 Å². The molecular weight excluding hydrogens is 264 g/mol. The molecule has 0 unspecified atom stereocenters. The second kappa shape index (κ2) is 5.66. The molecule has 0 radical (unpaired) electrons. The van der Waals surface area contributed by atoms with Crippen LogP contribution in [0, 0.1) is 6.92 Å². The first-order chi connectivity index (χ1) is 9.54. The third-order valence-corrected chi connectivity index (χ3v) is 2.91. The first kappa shape index (κ1) is 13.9. The Kier molecular flexibility index (Phi) is 3.94. The third kappa shape index (κ3) is 2.59. The highest BCUT2D eigenvalue weighted by molar-refractivity contribution is 5.65. The maximum absolute atomic E-state index is 11.7.